The zero-order valence-corrected chi connectivity index (χ0v) is 8.42. The smallest absolute Gasteiger partial charge is 0.195 e. The van der Waals surface area contributed by atoms with Crippen molar-refractivity contribution >= 4 is 0 Å². The van der Waals surface area contributed by atoms with Crippen LogP contribution in [0.15, 0.2) is 12.2 Å². The predicted octanol–water partition coefficient (Wildman–Crippen LogP) is 4.57. The van der Waals surface area contributed by atoms with E-state index >= 15 is 0 Å². The normalized spacial score (nSPS) is 14.8. The van der Waals surface area contributed by atoms with Crippen LogP contribution in [-0.2, 0) is 0 Å². The Hall–Kier alpha value is -0.750. The van der Waals surface area contributed by atoms with E-state index in [0.717, 1.165) is 0 Å². The average molecular weight is 252 g/mol. The fourth-order valence-corrected chi connectivity index (χ4v) is 0.847. The van der Waals surface area contributed by atoms with Crippen LogP contribution in [0.25, 0.3) is 0 Å². The Morgan fingerprint density at radius 1 is 0.938 bits per heavy atom. The number of rotatable bonds is 5. The largest absolute Gasteiger partial charge is 0.460 e. The van der Waals surface area contributed by atoms with E-state index in [1.807, 2.05) is 0 Å². The van der Waals surface area contributed by atoms with Crippen LogP contribution in [0, 0.1) is 0 Å². The van der Waals surface area contributed by atoms with Crippen molar-refractivity contribution in [2.24, 2.45) is 0 Å². The summed E-state index contributed by atoms with van der Waals surface area (Å²) in [5.41, 5.74) is 0. The number of hydrogen-bond acceptors (Lipinski definition) is 0. The lowest BCUT2D eigenvalue weighted by atomic mass is 10.1. The van der Waals surface area contributed by atoms with Crippen molar-refractivity contribution < 1.29 is 30.7 Å². The summed E-state index contributed by atoms with van der Waals surface area (Å²) in [6.45, 7) is 1.73. The third kappa shape index (κ3) is 3.38. The number of alkyl halides is 7. The molecular formula is C9H11F7. The topological polar surface area (TPSA) is 0 Å². The molecule has 0 aliphatic carbocycles. The van der Waals surface area contributed by atoms with E-state index in [9.17, 15) is 30.7 Å². The van der Waals surface area contributed by atoms with Crippen LogP contribution in [0.4, 0.5) is 30.7 Å². The van der Waals surface area contributed by atoms with Gasteiger partial charge in [-0.3, -0.25) is 0 Å². The Balaban J connectivity index is 4.71. The molecule has 7 heteroatoms. The number of halogens is 7. The summed E-state index contributed by atoms with van der Waals surface area (Å²) in [6, 6.07) is 0. The molecule has 0 saturated heterocycles. The first-order valence-corrected chi connectivity index (χ1v) is 4.56. The van der Waals surface area contributed by atoms with Crippen molar-refractivity contribution in [1.82, 2.24) is 0 Å². The van der Waals surface area contributed by atoms with Crippen molar-refractivity contribution in [3.63, 3.8) is 0 Å². The minimum absolute atomic E-state index is 0.0417. The number of hydrogen-bond donors (Lipinski definition) is 0. The predicted molar refractivity (Wildman–Crippen MR) is 44.6 cm³/mol. The highest BCUT2D eigenvalue weighted by Gasteiger charge is 2.71. The van der Waals surface area contributed by atoms with Crippen molar-refractivity contribution in [3.05, 3.63) is 12.2 Å². The van der Waals surface area contributed by atoms with E-state index in [1.54, 1.807) is 6.92 Å². The highest BCUT2D eigenvalue weighted by molar-refractivity contribution is 5.05. The Labute approximate surface area is 88.1 Å². The van der Waals surface area contributed by atoms with Gasteiger partial charge in [-0.05, 0) is 12.5 Å². The van der Waals surface area contributed by atoms with Gasteiger partial charge < -0.3 is 0 Å². The Kier molecular flexibility index (Phi) is 4.82. The lowest BCUT2D eigenvalue weighted by Gasteiger charge is -2.25. The molecule has 0 saturated carbocycles. The lowest BCUT2D eigenvalue weighted by Crippen LogP contribution is -2.50. The maximum Gasteiger partial charge on any atom is 0.460 e. The maximum absolute atomic E-state index is 12.6. The first-order chi connectivity index (χ1) is 7.06. The van der Waals surface area contributed by atoms with Crippen LogP contribution in [0.5, 0.6) is 0 Å². The molecule has 0 aliphatic heterocycles. The van der Waals surface area contributed by atoms with E-state index in [-0.39, 0.29) is 12.5 Å². The molecule has 0 amide bonds. The third-order valence-electron chi connectivity index (χ3n) is 1.83. The standard InChI is InChI=1S/C9H11F7/c1-2-3-4-5-6-7(10,11)8(12,13)9(14,15)16/h5-6H,2-4H2,1H3/b6-5+. The molecule has 16 heavy (non-hydrogen) atoms. The first-order valence-electron chi connectivity index (χ1n) is 4.56. The Morgan fingerprint density at radius 3 is 1.81 bits per heavy atom. The van der Waals surface area contributed by atoms with Crippen molar-refractivity contribution in [2.75, 3.05) is 0 Å². The van der Waals surface area contributed by atoms with E-state index < -0.39 is 18.0 Å². The summed E-state index contributed by atoms with van der Waals surface area (Å²) in [6.07, 6.45) is -4.87. The summed E-state index contributed by atoms with van der Waals surface area (Å²) in [7, 11) is 0. The Morgan fingerprint density at radius 2 is 1.44 bits per heavy atom. The third-order valence-corrected chi connectivity index (χ3v) is 1.83. The molecular weight excluding hydrogens is 241 g/mol. The van der Waals surface area contributed by atoms with Gasteiger partial charge in [0.1, 0.15) is 0 Å². The molecule has 0 bridgehead atoms. The zero-order valence-electron chi connectivity index (χ0n) is 8.42. The van der Waals surface area contributed by atoms with Gasteiger partial charge in [0.15, 0.2) is 0 Å². The van der Waals surface area contributed by atoms with E-state index in [2.05, 4.69) is 0 Å². The van der Waals surface area contributed by atoms with Crippen LogP contribution in [0.3, 0.4) is 0 Å². The highest BCUT2D eigenvalue weighted by atomic mass is 19.4. The van der Waals surface area contributed by atoms with E-state index in [1.165, 1.54) is 0 Å². The first kappa shape index (κ1) is 15.2. The van der Waals surface area contributed by atoms with Crippen molar-refractivity contribution in [3.8, 4) is 0 Å². The summed E-state index contributed by atoms with van der Waals surface area (Å²) in [5, 5.41) is 0. The van der Waals surface area contributed by atoms with Crippen LogP contribution < -0.4 is 0 Å². The fourth-order valence-electron chi connectivity index (χ4n) is 0.847. The maximum atomic E-state index is 12.6. The molecule has 0 nitrogen and oxygen atoms in total. The summed E-state index contributed by atoms with van der Waals surface area (Å²) in [5.74, 6) is -11.2. The molecule has 0 radical (unpaired) electrons. The van der Waals surface area contributed by atoms with Crippen LogP contribution in [0.1, 0.15) is 26.2 Å². The van der Waals surface area contributed by atoms with Crippen molar-refractivity contribution in [1.29, 1.82) is 0 Å². The van der Waals surface area contributed by atoms with E-state index in [4.69, 9.17) is 0 Å². The molecule has 0 atom stereocenters. The molecule has 0 aromatic rings. The monoisotopic (exact) mass is 252 g/mol. The van der Waals surface area contributed by atoms with Gasteiger partial charge in [0, 0.05) is 0 Å². The number of unbranched alkanes of at least 4 members (excludes halogenated alkanes) is 2. The van der Waals surface area contributed by atoms with Crippen LogP contribution in [0.2, 0.25) is 0 Å². The second-order valence-corrected chi connectivity index (χ2v) is 3.24. The molecule has 0 heterocycles. The molecule has 0 rings (SSSR count). The summed E-state index contributed by atoms with van der Waals surface area (Å²) < 4.78 is 84.6. The van der Waals surface area contributed by atoms with Crippen LogP contribution >= 0.6 is 0 Å². The fraction of sp³-hybridized carbons (Fsp3) is 0.778. The van der Waals surface area contributed by atoms with Gasteiger partial charge in [-0.1, -0.05) is 25.8 Å². The minimum Gasteiger partial charge on any atom is -0.195 e. The summed E-state index contributed by atoms with van der Waals surface area (Å²) >= 11 is 0. The summed E-state index contributed by atoms with van der Waals surface area (Å²) in [4.78, 5) is 0. The SMILES string of the molecule is CCCC/C=C/C(F)(F)C(F)(F)C(F)(F)F. The molecule has 0 N–H and O–H groups in total. The zero-order chi connectivity index (χ0) is 13.0. The number of allylic oxidation sites excluding steroid dienone is 2. The van der Waals surface area contributed by atoms with Crippen molar-refractivity contribution in [2.45, 2.75) is 44.2 Å². The minimum atomic E-state index is -6.26. The molecule has 0 aliphatic rings. The highest BCUT2D eigenvalue weighted by Crippen LogP contribution is 2.47. The molecule has 96 valence electrons. The quantitative estimate of drug-likeness (QED) is 0.382. The molecule has 0 spiro atoms. The molecule has 0 fully saturated rings. The second kappa shape index (κ2) is 5.05. The van der Waals surface area contributed by atoms with Gasteiger partial charge in [-0.2, -0.15) is 30.7 Å². The van der Waals surface area contributed by atoms with Gasteiger partial charge >= 0.3 is 18.0 Å². The van der Waals surface area contributed by atoms with Gasteiger partial charge in [0.05, 0.1) is 0 Å². The van der Waals surface area contributed by atoms with Crippen LogP contribution in [-0.4, -0.2) is 18.0 Å². The molecule has 0 aromatic carbocycles. The van der Waals surface area contributed by atoms with Gasteiger partial charge in [-0.15, -0.1) is 0 Å². The average Bonchev–Trinajstić information content (AvgIpc) is 2.10. The Bertz CT molecular complexity index is 239. The van der Waals surface area contributed by atoms with Gasteiger partial charge in [0.25, 0.3) is 0 Å². The van der Waals surface area contributed by atoms with Gasteiger partial charge in [0.2, 0.25) is 0 Å². The lowest BCUT2D eigenvalue weighted by molar-refractivity contribution is -0.341. The van der Waals surface area contributed by atoms with E-state index in [0.29, 0.717) is 18.9 Å². The second-order valence-electron chi connectivity index (χ2n) is 3.24. The molecule has 0 aromatic heterocycles. The van der Waals surface area contributed by atoms with Gasteiger partial charge in [-0.25, -0.2) is 0 Å². The molecule has 0 unspecified atom stereocenters.